The fraction of sp³-hybridized carbons (Fsp3) is 0.636. The highest BCUT2D eigenvalue weighted by atomic mass is 35.5. The molecule has 0 aromatic carbocycles. The maximum Gasteiger partial charge on any atom is 0.264 e. The summed E-state index contributed by atoms with van der Waals surface area (Å²) in [4.78, 5) is 10.4. The Kier molecular flexibility index (Phi) is 3.13. The van der Waals surface area contributed by atoms with Crippen molar-refractivity contribution in [1.29, 1.82) is 0 Å². The van der Waals surface area contributed by atoms with Crippen LogP contribution in [0, 0.1) is 0 Å². The van der Waals surface area contributed by atoms with Gasteiger partial charge in [-0.15, -0.1) is 0 Å². The molecule has 0 N–H and O–H groups in total. The lowest BCUT2D eigenvalue weighted by molar-refractivity contribution is 0.0955. The van der Waals surface area contributed by atoms with Crippen molar-refractivity contribution in [1.82, 2.24) is 9.97 Å². The number of hydrogen-bond acceptors (Lipinski definition) is 6. The van der Waals surface area contributed by atoms with Crippen LogP contribution in [0.1, 0.15) is 6.92 Å². The molecule has 0 unspecified atom stereocenters. The van der Waals surface area contributed by atoms with Crippen LogP contribution in [-0.2, 0) is 4.74 Å². The first-order chi connectivity index (χ1) is 8.74. The van der Waals surface area contributed by atoms with Crippen LogP contribution < -0.4 is 14.4 Å². The molecule has 0 radical (unpaired) electrons. The Bertz CT molecular complexity index is 451. The fourth-order valence-corrected chi connectivity index (χ4v) is 2.17. The second-order valence-electron chi connectivity index (χ2n) is 4.29. The molecule has 3 heterocycles. The normalized spacial score (nSPS) is 23.0. The van der Waals surface area contributed by atoms with Crippen molar-refractivity contribution in [3.05, 3.63) is 5.28 Å². The van der Waals surface area contributed by atoms with E-state index in [-0.39, 0.29) is 11.4 Å². The van der Waals surface area contributed by atoms with Crippen molar-refractivity contribution in [3.63, 3.8) is 0 Å². The summed E-state index contributed by atoms with van der Waals surface area (Å²) in [6.07, 6.45) is -0.0268. The molecule has 2 aliphatic heterocycles. The molecule has 2 aliphatic rings. The highest BCUT2D eigenvalue weighted by Crippen LogP contribution is 2.38. The summed E-state index contributed by atoms with van der Waals surface area (Å²) in [6.45, 7) is 5.29. The van der Waals surface area contributed by atoms with E-state index in [1.165, 1.54) is 0 Å². The molecule has 1 atom stereocenters. The van der Waals surface area contributed by atoms with Gasteiger partial charge in [-0.1, -0.05) is 0 Å². The summed E-state index contributed by atoms with van der Waals surface area (Å²) >= 11 is 5.93. The Balaban J connectivity index is 1.97. The molecule has 98 valence electrons. The number of ether oxygens (including phenoxy) is 3. The Morgan fingerprint density at radius 3 is 2.83 bits per heavy atom. The van der Waals surface area contributed by atoms with E-state index in [1.54, 1.807) is 0 Å². The number of morpholine rings is 1. The predicted octanol–water partition coefficient (Wildman–Crippen LogP) is 1.13. The lowest BCUT2D eigenvalue weighted by Gasteiger charge is -2.31. The van der Waals surface area contributed by atoms with Gasteiger partial charge in [0.05, 0.1) is 13.2 Å². The minimum Gasteiger partial charge on any atom is -0.481 e. The topological polar surface area (TPSA) is 56.7 Å². The maximum atomic E-state index is 5.93. The third kappa shape index (κ3) is 2.18. The molecule has 0 aliphatic carbocycles. The van der Waals surface area contributed by atoms with Crippen molar-refractivity contribution in [3.8, 4) is 11.6 Å². The zero-order valence-electron chi connectivity index (χ0n) is 10.1. The zero-order valence-corrected chi connectivity index (χ0v) is 10.8. The van der Waals surface area contributed by atoms with E-state index in [0.29, 0.717) is 37.3 Å². The molecule has 3 rings (SSSR count). The van der Waals surface area contributed by atoms with E-state index in [2.05, 4.69) is 14.9 Å². The van der Waals surface area contributed by atoms with Crippen LogP contribution in [0.5, 0.6) is 11.6 Å². The number of rotatable bonds is 1. The summed E-state index contributed by atoms with van der Waals surface area (Å²) in [5, 5.41) is 0.174. The second kappa shape index (κ2) is 4.78. The number of aromatic nitrogens is 2. The van der Waals surface area contributed by atoms with Gasteiger partial charge in [0, 0.05) is 13.1 Å². The molecule has 1 aromatic heterocycles. The zero-order chi connectivity index (χ0) is 12.5. The average Bonchev–Trinajstić information content (AvgIpc) is 2.38. The molecule has 0 amide bonds. The number of fused-ring (bicyclic) bond motifs is 1. The van der Waals surface area contributed by atoms with Gasteiger partial charge in [-0.3, -0.25) is 0 Å². The summed E-state index contributed by atoms with van der Waals surface area (Å²) in [6, 6.07) is 0. The molecule has 1 aromatic rings. The van der Waals surface area contributed by atoms with Gasteiger partial charge >= 0.3 is 0 Å². The monoisotopic (exact) mass is 271 g/mol. The largest absolute Gasteiger partial charge is 0.481 e. The summed E-state index contributed by atoms with van der Waals surface area (Å²) in [7, 11) is 0. The van der Waals surface area contributed by atoms with E-state index >= 15 is 0 Å². The molecule has 18 heavy (non-hydrogen) atoms. The first-order valence-electron chi connectivity index (χ1n) is 5.94. The quantitative estimate of drug-likeness (QED) is 0.714. The van der Waals surface area contributed by atoms with E-state index < -0.39 is 0 Å². The van der Waals surface area contributed by atoms with E-state index in [4.69, 9.17) is 25.8 Å². The minimum absolute atomic E-state index is 0.0268. The van der Waals surface area contributed by atoms with Crippen LogP contribution >= 0.6 is 11.6 Å². The molecule has 0 spiro atoms. The SMILES string of the molecule is C[C@@H]1COc2c(nc(Cl)nc2N2CCOCC2)O1. The maximum absolute atomic E-state index is 5.93. The van der Waals surface area contributed by atoms with Crippen LogP contribution in [0.3, 0.4) is 0 Å². The van der Waals surface area contributed by atoms with Crippen LogP contribution in [0.2, 0.25) is 5.28 Å². The third-order valence-corrected chi connectivity index (χ3v) is 3.04. The molecule has 6 nitrogen and oxygen atoms in total. The Morgan fingerprint density at radius 2 is 2.06 bits per heavy atom. The average molecular weight is 272 g/mol. The summed E-state index contributed by atoms with van der Waals surface area (Å²) < 4.78 is 16.6. The van der Waals surface area contributed by atoms with Crippen molar-refractivity contribution >= 4 is 17.4 Å². The van der Waals surface area contributed by atoms with Gasteiger partial charge in [0.1, 0.15) is 12.7 Å². The van der Waals surface area contributed by atoms with Gasteiger partial charge < -0.3 is 19.1 Å². The Labute approximate surface area is 110 Å². The van der Waals surface area contributed by atoms with Gasteiger partial charge in [0.25, 0.3) is 5.88 Å². The number of hydrogen-bond donors (Lipinski definition) is 0. The molecular weight excluding hydrogens is 258 g/mol. The predicted molar refractivity (Wildman–Crippen MR) is 65.7 cm³/mol. The van der Waals surface area contributed by atoms with Gasteiger partial charge in [0.2, 0.25) is 11.0 Å². The van der Waals surface area contributed by atoms with E-state index in [9.17, 15) is 0 Å². The van der Waals surface area contributed by atoms with Crippen molar-refractivity contribution < 1.29 is 14.2 Å². The van der Waals surface area contributed by atoms with Crippen LogP contribution in [0.4, 0.5) is 5.82 Å². The Morgan fingerprint density at radius 1 is 1.28 bits per heavy atom. The molecule has 1 saturated heterocycles. The van der Waals surface area contributed by atoms with Gasteiger partial charge in [-0.05, 0) is 18.5 Å². The highest BCUT2D eigenvalue weighted by Gasteiger charge is 2.27. The second-order valence-corrected chi connectivity index (χ2v) is 4.63. The lowest BCUT2D eigenvalue weighted by atomic mass is 10.3. The minimum atomic E-state index is -0.0268. The first-order valence-corrected chi connectivity index (χ1v) is 6.31. The molecule has 0 bridgehead atoms. The van der Waals surface area contributed by atoms with Crippen LogP contribution in [0.25, 0.3) is 0 Å². The summed E-state index contributed by atoms with van der Waals surface area (Å²) in [5.74, 6) is 1.70. The smallest absolute Gasteiger partial charge is 0.264 e. The number of nitrogens with zero attached hydrogens (tertiary/aromatic N) is 3. The highest BCUT2D eigenvalue weighted by molar-refractivity contribution is 6.28. The molecule has 0 saturated carbocycles. The molecule has 1 fully saturated rings. The van der Waals surface area contributed by atoms with E-state index in [0.717, 1.165) is 13.1 Å². The lowest BCUT2D eigenvalue weighted by Crippen LogP contribution is -2.38. The molecule has 7 heteroatoms. The summed E-state index contributed by atoms with van der Waals surface area (Å²) in [5.41, 5.74) is 0. The van der Waals surface area contributed by atoms with E-state index in [1.807, 2.05) is 6.92 Å². The number of anilines is 1. The van der Waals surface area contributed by atoms with Crippen LogP contribution in [0.15, 0.2) is 0 Å². The fourth-order valence-electron chi connectivity index (χ4n) is 2.01. The molecular formula is C11H14ClN3O3. The standard InChI is InChI=1S/C11H14ClN3O3/c1-7-6-17-8-9(15-2-4-16-5-3-15)13-11(12)14-10(8)18-7/h7H,2-6H2,1H3/t7-/m1/s1. The van der Waals surface area contributed by atoms with Gasteiger partial charge in [-0.2, -0.15) is 9.97 Å². The third-order valence-electron chi connectivity index (χ3n) is 2.88. The number of halogens is 1. The van der Waals surface area contributed by atoms with Gasteiger partial charge in [-0.25, -0.2) is 0 Å². The van der Waals surface area contributed by atoms with Crippen LogP contribution in [-0.4, -0.2) is 49.0 Å². The van der Waals surface area contributed by atoms with Gasteiger partial charge in [0.15, 0.2) is 5.82 Å². The van der Waals surface area contributed by atoms with Crippen molar-refractivity contribution in [2.24, 2.45) is 0 Å². The first kappa shape index (κ1) is 11.8. The van der Waals surface area contributed by atoms with Crippen molar-refractivity contribution in [2.45, 2.75) is 13.0 Å². The van der Waals surface area contributed by atoms with Crippen molar-refractivity contribution in [2.75, 3.05) is 37.8 Å². The Hall–Kier alpha value is -1.27.